The number of H-pyrrole nitrogens is 1. The lowest BCUT2D eigenvalue weighted by Crippen LogP contribution is -2.13. The van der Waals surface area contributed by atoms with E-state index in [0.29, 0.717) is 0 Å². The zero-order valence-corrected chi connectivity index (χ0v) is 12.0. The molecule has 2 heterocycles. The van der Waals surface area contributed by atoms with Crippen molar-refractivity contribution >= 4 is 22.5 Å². The van der Waals surface area contributed by atoms with Gasteiger partial charge in [-0.3, -0.25) is 4.98 Å². The lowest BCUT2D eigenvalue weighted by Gasteiger charge is -2.04. The van der Waals surface area contributed by atoms with E-state index in [4.69, 9.17) is 11.6 Å². The lowest BCUT2D eigenvalue weighted by atomic mass is 10.2. The molecule has 0 amide bonds. The van der Waals surface area contributed by atoms with Crippen molar-refractivity contribution in [2.45, 2.75) is 20.0 Å². The molecule has 3 nitrogen and oxygen atoms in total. The van der Waals surface area contributed by atoms with Gasteiger partial charge in [-0.1, -0.05) is 23.7 Å². The molecule has 2 aromatic heterocycles. The number of pyridine rings is 1. The van der Waals surface area contributed by atoms with Crippen LogP contribution in [-0.2, 0) is 13.1 Å². The number of nitrogens with one attached hydrogen (secondary N) is 2. The van der Waals surface area contributed by atoms with E-state index in [1.807, 2.05) is 43.5 Å². The molecule has 0 fully saturated rings. The number of nitrogens with zero attached hydrogens (tertiary/aromatic N) is 1. The summed E-state index contributed by atoms with van der Waals surface area (Å²) in [6, 6.07) is 12.0. The Kier molecular flexibility index (Phi) is 3.72. The maximum Gasteiger partial charge on any atom is 0.0544 e. The fraction of sp³-hybridized carbons (Fsp3) is 0.188. The van der Waals surface area contributed by atoms with E-state index < -0.39 is 0 Å². The van der Waals surface area contributed by atoms with Crippen LogP contribution in [0.25, 0.3) is 10.9 Å². The SMILES string of the molecule is Cc1cccc(CNCc2c[nH]c3cc(Cl)ccc23)n1. The summed E-state index contributed by atoms with van der Waals surface area (Å²) in [4.78, 5) is 7.72. The molecular formula is C16H16ClN3. The fourth-order valence-electron chi connectivity index (χ4n) is 2.33. The molecule has 3 rings (SSSR count). The second-order valence-corrected chi connectivity index (χ2v) is 5.31. The van der Waals surface area contributed by atoms with Crippen molar-refractivity contribution in [2.75, 3.05) is 0 Å². The summed E-state index contributed by atoms with van der Waals surface area (Å²) in [6.45, 7) is 3.58. The predicted octanol–water partition coefficient (Wildman–Crippen LogP) is 3.81. The monoisotopic (exact) mass is 285 g/mol. The van der Waals surface area contributed by atoms with Gasteiger partial charge in [0, 0.05) is 40.9 Å². The van der Waals surface area contributed by atoms with Gasteiger partial charge in [0.1, 0.15) is 0 Å². The van der Waals surface area contributed by atoms with Crippen molar-refractivity contribution < 1.29 is 0 Å². The Morgan fingerprint density at radius 3 is 2.95 bits per heavy atom. The summed E-state index contributed by atoms with van der Waals surface area (Å²) in [5.41, 5.74) is 4.42. The molecule has 0 atom stereocenters. The molecule has 4 heteroatoms. The molecule has 3 aromatic rings. The molecule has 0 aliphatic heterocycles. The quantitative estimate of drug-likeness (QED) is 0.765. The minimum Gasteiger partial charge on any atom is -0.361 e. The molecule has 1 aromatic carbocycles. The number of aromatic amines is 1. The van der Waals surface area contributed by atoms with Gasteiger partial charge in [-0.25, -0.2) is 0 Å². The largest absolute Gasteiger partial charge is 0.361 e. The van der Waals surface area contributed by atoms with Crippen LogP contribution in [0.5, 0.6) is 0 Å². The third-order valence-corrected chi connectivity index (χ3v) is 3.53. The van der Waals surface area contributed by atoms with E-state index in [9.17, 15) is 0 Å². The highest BCUT2D eigenvalue weighted by atomic mass is 35.5. The number of halogens is 1. The van der Waals surface area contributed by atoms with E-state index in [-0.39, 0.29) is 0 Å². The number of hydrogen-bond donors (Lipinski definition) is 2. The number of aromatic nitrogens is 2. The lowest BCUT2D eigenvalue weighted by molar-refractivity contribution is 0.681. The smallest absolute Gasteiger partial charge is 0.0544 e. The third-order valence-electron chi connectivity index (χ3n) is 3.30. The molecular weight excluding hydrogens is 270 g/mol. The highest BCUT2D eigenvalue weighted by Gasteiger charge is 2.04. The van der Waals surface area contributed by atoms with Crippen LogP contribution in [0.15, 0.2) is 42.6 Å². The minimum absolute atomic E-state index is 0.753. The van der Waals surface area contributed by atoms with Gasteiger partial charge in [-0.05, 0) is 36.8 Å². The zero-order valence-electron chi connectivity index (χ0n) is 11.3. The van der Waals surface area contributed by atoms with Gasteiger partial charge in [-0.15, -0.1) is 0 Å². The second kappa shape index (κ2) is 5.65. The normalized spacial score (nSPS) is 11.1. The number of rotatable bonds is 4. The first kappa shape index (κ1) is 13.2. The molecule has 0 aliphatic carbocycles. The fourth-order valence-corrected chi connectivity index (χ4v) is 2.50. The maximum atomic E-state index is 5.98. The van der Waals surface area contributed by atoms with Gasteiger partial charge < -0.3 is 10.3 Å². The van der Waals surface area contributed by atoms with Crippen molar-refractivity contribution in [3.63, 3.8) is 0 Å². The van der Waals surface area contributed by atoms with Gasteiger partial charge in [0.15, 0.2) is 0 Å². The minimum atomic E-state index is 0.753. The molecule has 2 N–H and O–H groups in total. The highest BCUT2D eigenvalue weighted by molar-refractivity contribution is 6.31. The molecule has 0 bridgehead atoms. The van der Waals surface area contributed by atoms with Crippen LogP contribution in [0.2, 0.25) is 5.02 Å². The van der Waals surface area contributed by atoms with Crippen molar-refractivity contribution in [3.05, 3.63) is 64.6 Å². The molecule has 20 heavy (non-hydrogen) atoms. The molecule has 0 saturated carbocycles. The Bertz CT molecular complexity index is 733. The average Bonchev–Trinajstić information content (AvgIpc) is 2.81. The van der Waals surface area contributed by atoms with Crippen LogP contribution in [0.3, 0.4) is 0 Å². The van der Waals surface area contributed by atoms with Crippen LogP contribution in [0, 0.1) is 6.92 Å². The van der Waals surface area contributed by atoms with Gasteiger partial charge in [0.2, 0.25) is 0 Å². The van der Waals surface area contributed by atoms with E-state index in [2.05, 4.69) is 21.4 Å². The van der Waals surface area contributed by atoms with Crippen LogP contribution >= 0.6 is 11.6 Å². The first-order valence-electron chi connectivity index (χ1n) is 6.61. The summed E-state index contributed by atoms with van der Waals surface area (Å²) in [7, 11) is 0. The predicted molar refractivity (Wildman–Crippen MR) is 82.8 cm³/mol. The number of aryl methyl sites for hydroxylation is 1. The van der Waals surface area contributed by atoms with Crippen LogP contribution in [0.1, 0.15) is 17.0 Å². The molecule has 0 spiro atoms. The maximum absolute atomic E-state index is 5.98. The van der Waals surface area contributed by atoms with Crippen molar-refractivity contribution in [2.24, 2.45) is 0 Å². The zero-order chi connectivity index (χ0) is 13.9. The topological polar surface area (TPSA) is 40.7 Å². The van der Waals surface area contributed by atoms with E-state index in [1.165, 1.54) is 10.9 Å². The molecule has 0 saturated heterocycles. The molecule has 0 radical (unpaired) electrons. The summed E-state index contributed by atoms with van der Waals surface area (Å²) in [6.07, 6.45) is 2.03. The summed E-state index contributed by atoms with van der Waals surface area (Å²) in [5.74, 6) is 0. The highest BCUT2D eigenvalue weighted by Crippen LogP contribution is 2.21. The Morgan fingerprint density at radius 2 is 2.10 bits per heavy atom. The van der Waals surface area contributed by atoms with Gasteiger partial charge in [0.25, 0.3) is 0 Å². The number of fused-ring (bicyclic) bond motifs is 1. The Balaban J connectivity index is 1.68. The van der Waals surface area contributed by atoms with Gasteiger partial charge in [-0.2, -0.15) is 0 Å². The summed E-state index contributed by atoms with van der Waals surface area (Å²) in [5, 5.41) is 5.38. The first-order valence-corrected chi connectivity index (χ1v) is 6.99. The van der Waals surface area contributed by atoms with Crippen LogP contribution < -0.4 is 5.32 Å². The van der Waals surface area contributed by atoms with Crippen LogP contribution in [0.4, 0.5) is 0 Å². The van der Waals surface area contributed by atoms with E-state index >= 15 is 0 Å². The standard InChI is InChI=1S/C16H16ClN3/c1-11-3-2-4-14(20-11)10-18-8-12-9-19-16-7-13(17)5-6-15(12)16/h2-7,9,18-19H,8,10H2,1H3. The summed E-state index contributed by atoms with van der Waals surface area (Å²) < 4.78 is 0. The van der Waals surface area contributed by atoms with Gasteiger partial charge in [0.05, 0.1) is 5.69 Å². The van der Waals surface area contributed by atoms with Crippen LogP contribution in [-0.4, -0.2) is 9.97 Å². The Morgan fingerprint density at radius 1 is 1.20 bits per heavy atom. The Hall–Kier alpha value is -1.84. The Labute approximate surface area is 123 Å². The first-order chi connectivity index (χ1) is 9.72. The molecule has 0 aliphatic rings. The third kappa shape index (κ3) is 2.84. The second-order valence-electron chi connectivity index (χ2n) is 4.88. The number of benzene rings is 1. The van der Waals surface area contributed by atoms with E-state index in [1.54, 1.807) is 0 Å². The van der Waals surface area contributed by atoms with Crippen molar-refractivity contribution in [1.29, 1.82) is 0 Å². The number of hydrogen-bond acceptors (Lipinski definition) is 2. The van der Waals surface area contributed by atoms with E-state index in [0.717, 1.165) is 35.0 Å². The molecule has 102 valence electrons. The van der Waals surface area contributed by atoms with Crippen molar-refractivity contribution in [1.82, 2.24) is 15.3 Å². The summed E-state index contributed by atoms with van der Waals surface area (Å²) >= 11 is 5.98. The van der Waals surface area contributed by atoms with Crippen molar-refractivity contribution in [3.8, 4) is 0 Å². The molecule has 0 unspecified atom stereocenters. The average molecular weight is 286 g/mol. The van der Waals surface area contributed by atoms with Gasteiger partial charge >= 0.3 is 0 Å².